The Bertz CT molecular complexity index is 5940. The summed E-state index contributed by atoms with van der Waals surface area (Å²) in [5.74, 6) is 6.03. The quantitative estimate of drug-likeness (QED) is 0.0345. The zero-order valence-electron chi connectivity index (χ0n) is 62.2. The van der Waals surface area contributed by atoms with Gasteiger partial charge in [-0.3, -0.25) is 8.97 Å². The van der Waals surface area contributed by atoms with Crippen LogP contribution in [0.3, 0.4) is 0 Å². The van der Waals surface area contributed by atoms with E-state index in [4.69, 9.17) is 50.4 Å². The Balaban J connectivity index is 0.000000183. The van der Waals surface area contributed by atoms with Gasteiger partial charge in [0.05, 0.1) is 87.8 Å². The number of nitrogens with zero attached hydrogens (tertiary/aromatic N) is 6. The predicted octanol–water partition coefficient (Wildman–Crippen LogP) is 17.4. The number of nitrogen functional groups attached to an aromatic ring is 2. The lowest BCUT2D eigenvalue weighted by Gasteiger charge is -2.23. The Hall–Kier alpha value is -12.9. The van der Waals surface area contributed by atoms with Gasteiger partial charge in [0.2, 0.25) is 0 Å². The van der Waals surface area contributed by atoms with Crippen LogP contribution in [0.2, 0.25) is 0 Å². The van der Waals surface area contributed by atoms with Gasteiger partial charge in [-0.25, -0.2) is 19.9 Å². The first-order valence-corrected chi connectivity index (χ1v) is 36.3. The van der Waals surface area contributed by atoms with Gasteiger partial charge in [-0.2, -0.15) is 0 Å². The van der Waals surface area contributed by atoms with E-state index >= 15 is 0 Å². The van der Waals surface area contributed by atoms with E-state index < -0.39 is 0 Å². The van der Waals surface area contributed by atoms with Crippen molar-refractivity contribution in [2.24, 2.45) is 0 Å². The molecule has 18 rings (SSSR count). The predicted molar refractivity (Wildman–Crippen MR) is 460 cm³/mol. The molecule has 0 unspecified atom stereocenters. The molecule has 0 aliphatic carbocycles. The van der Waals surface area contributed by atoms with Crippen LogP contribution in [0.25, 0.3) is 137 Å². The van der Waals surface area contributed by atoms with Gasteiger partial charge in [-0.15, -0.1) is 0 Å². The van der Waals surface area contributed by atoms with Gasteiger partial charge in [-0.1, -0.05) is 56.0 Å². The molecule has 14 aromatic rings. The smallest absolute Gasteiger partial charge is 0.132 e. The SMILES string of the molecule is C.C[N+](C)(C)c1ccc(Oc2ccc(-c3c4nc(cc5ccc([nH]5)c(-c5ccc(Oc6ccc([N+](C)(C)C)cc6)cc5)c5nc(cc6ccc3[nH]6)C=C5)C=C4)cc2)cc1.Nc1ccc(Oc2ccc(-c3c4nc(cc5ccc([nH]5)c(-c5ccc(Oc6ccc(N)cc6)cc5)c5nc(cc6ccc3[nH]6)C=C5)C=C4)cc2)cc1.[I-].[I-]. The summed E-state index contributed by atoms with van der Waals surface area (Å²) >= 11 is 0. The lowest BCUT2D eigenvalue weighted by molar-refractivity contribution is -0.00100. The zero-order chi connectivity index (χ0) is 75.0. The number of aromatic nitrogens is 8. The molecule has 18 heteroatoms. The first-order valence-electron chi connectivity index (χ1n) is 36.3. The molecule has 4 aliphatic heterocycles. The first-order chi connectivity index (χ1) is 53.4. The molecular formula is C95H82I2N12O4. The number of nitrogens with one attached hydrogen (secondary N) is 4. The summed E-state index contributed by atoms with van der Waals surface area (Å²) in [7, 11) is 12.9. The second-order valence-corrected chi connectivity index (χ2v) is 29.1. The number of nitrogens with two attached hydrogens (primary N) is 2. The molecule has 10 heterocycles. The molecule has 0 atom stereocenters. The van der Waals surface area contributed by atoms with Crippen molar-refractivity contribution in [2.45, 2.75) is 7.43 Å². The standard InChI is InChI=1S/C50H46N6O2.C44H32N6O2.CH4.2HI/c1-55(2,3)39-15-23-43(24-16-39)57-41-19-7-33(8-20-41)49-45-27-11-35(51-45)31-37-13-29-47(53-37)50(48-30-14-38(54-48)32-36-12-28-46(49)52-36)34-9-21-42(22-10-34)58-44-25-17-40(18-26-44)56(4,5)6;45-29-5-17-37(18-6-29)51-35-13-1-27(2-14-35)43-39-21-9-31(47-39)25-33-11-23-41(49-33)44(42-24-12-34(50-42)26-32-10-22-40(43)48-32)28-3-15-36(16-4-28)52-38-19-7-30(46)8-20-38;;;/h7-32,51,54H,1-6H3;1-26,47,50H,45-46H2;1H4;2*1H/q+2;;;;/p-2. The van der Waals surface area contributed by atoms with Gasteiger partial charge >= 0.3 is 0 Å². The Morgan fingerprint density at radius 2 is 0.442 bits per heavy atom. The second-order valence-electron chi connectivity index (χ2n) is 29.1. The van der Waals surface area contributed by atoms with Crippen LogP contribution < -0.4 is 87.3 Å². The van der Waals surface area contributed by atoms with E-state index in [0.717, 1.165) is 189 Å². The molecule has 4 aliphatic rings. The van der Waals surface area contributed by atoms with Crippen LogP contribution >= 0.6 is 0 Å². The van der Waals surface area contributed by atoms with E-state index in [2.05, 4.69) is 244 Å². The summed E-state index contributed by atoms with van der Waals surface area (Å²) in [6.45, 7) is 0. The fourth-order valence-electron chi connectivity index (χ4n) is 13.7. The number of quaternary nitrogens is 2. The van der Waals surface area contributed by atoms with Gasteiger partial charge in [0.15, 0.2) is 0 Å². The molecule has 0 radical (unpaired) electrons. The molecule has 6 aromatic heterocycles. The molecule has 0 saturated heterocycles. The highest BCUT2D eigenvalue weighted by Crippen LogP contribution is 2.39. The fraction of sp³-hybridized carbons (Fsp3) is 0.0737. The largest absolute Gasteiger partial charge is 1.00 e. The van der Waals surface area contributed by atoms with Crippen LogP contribution in [-0.4, -0.2) is 82.2 Å². The van der Waals surface area contributed by atoms with Crippen molar-refractivity contribution < 1.29 is 66.9 Å². The van der Waals surface area contributed by atoms with E-state index in [-0.39, 0.29) is 55.4 Å². The maximum atomic E-state index is 6.24. The third-order valence-electron chi connectivity index (χ3n) is 19.3. The number of fused-ring (bicyclic) bond motifs is 16. The second kappa shape index (κ2) is 32.6. The average molecular weight is 1710 g/mol. The van der Waals surface area contributed by atoms with Crippen LogP contribution in [0.15, 0.2) is 267 Å². The Kier molecular flexibility index (Phi) is 22.2. The summed E-state index contributed by atoms with van der Waals surface area (Å²) in [5.41, 5.74) is 37.9. The minimum absolute atomic E-state index is 0. The van der Waals surface area contributed by atoms with Crippen molar-refractivity contribution in [3.63, 3.8) is 0 Å². The number of rotatable bonds is 14. The van der Waals surface area contributed by atoms with Gasteiger partial charge in [0, 0.05) is 102 Å². The molecule has 0 spiro atoms. The van der Waals surface area contributed by atoms with Crippen LogP contribution in [-0.2, 0) is 0 Å². The molecule has 113 heavy (non-hydrogen) atoms. The molecule has 8 N–H and O–H groups in total. The van der Waals surface area contributed by atoms with Gasteiger partial charge in [0.25, 0.3) is 0 Å². The van der Waals surface area contributed by atoms with Crippen molar-refractivity contribution >= 4 is 115 Å². The van der Waals surface area contributed by atoms with Crippen LogP contribution in [0.1, 0.15) is 53.0 Å². The topological polar surface area (TPSA) is 204 Å². The van der Waals surface area contributed by atoms with Gasteiger partial charge in [-0.05, 0) is 265 Å². The normalized spacial score (nSPS) is 11.9. The molecular weight excluding hydrogens is 1630 g/mol. The average Bonchev–Trinajstić information content (AvgIpc) is 1.66. The maximum absolute atomic E-state index is 6.24. The van der Waals surface area contributed by atoms with Gasteiger partial charge < -0.3 is 98.3 Å². The number of anilines is 2. The molecule has 560 valence electrons. The van der Waals surface area contributed by atoms with Crippen molar-refractivity contribution in [1.82, 2.24) is 48.8 Å². The molecule has 16 bridgehead atoms. The van der Waals surface area contributed by atoms with Crippen LogP contribution in [0.4, 0.5) is 22.7 Å². The van der Waals surface area contributed by atoms with Crippen molar-refractivity contribution in [1.29, 1.82) is 0 Å². The number of aromatic amines is 4. The number of benzene rings is 8. The number of ether oxygens (including phenoxy) is 4. The highest BCUT2D eigenvalue weighted by molar-refractivity contribution is 5.96. The van der Waals surface area contributed by atoms with Gasteiger partial charge in [0.1, 0.15) is 57.4 Å². The highest BCUT2D eigenvalue weighted by atomic mass is 127. The van der Waals surface area contributed by atoms with E-state index in [1.54, 1.807) is 0 Å². The van der Waals surface area contributed by atoms with Crippen LogP contribution in [0, 0.1) is 0 Å². The highest BCUT2D eigenvalue weighted by Gasteiger charge is 2.20. The number of halogens is 2. The van der Waals surface area contributed by atoms with Crippen LogP contribution in [0.5, 0.6) is 46.0 Å². The number of H-pyrrole nitrogens is 4. The number of hydrogen-bond acceptors (Lipinski definition) is 10. The lowest BCUT2D eigenvalue weighted by atomic mass is 10.0. The minimum atomic E-state index is 0. The van der Waals surface area contributed by atoms with Crippen molar-refractivity contribution in [3.8, 4) is 90.5 Å². The third-order valence-corrected chi connectivity index (χ3v) is 19.3. The van der Waals surface area contributed by atoms with Crippen molar-refractivity contribution in [2.75, 3.05) is 53.8 Å². The molecule has 16 nitrogen and oxygen atoms in total. The summed E-state index contributed by atoms with van der Waals surface area (Å²) in [6.07, 6.45) is 16.5. The monoisotopic (exact) mass is 1710 g/mol. The maximum Gasteiger partial charge on any atom is 0.132 e. The summed E-state index contributed by atoms with van der Waals surface area (Å²) in [6, 6.07) is 88.7. The number of hydrogen-bond donors (Lipinski definition) is 6. The summed E-state index contributed by atoms with van der Waals surface area (Å²) < 4.78 is 26.1. The first kappa shape index (κ1) is 76.9. The summed E-state index contributed by atoms with van der Waals surface area (Å²) in [4.78, 5) is 34.9. The lowest BCUT2D eigenvalue weighted by Crippen LogP contribution is -3.00. The van der Waals surface area contributed by atoms with E-state index in [9.17, 15) is 0 Å². The molecule has 8 aromatic carbocycles. The molecule has 0 amide bonds. The summed E-state index contributed by atoms with van der Waals surface area (Å²) in [5, 5.41) is 0. The zero-order valence-corrected chi connectivity index (χ0v) is 66.6. The minimum Gasteiger partial charge on any atom is -1.00 e. The Morgan fingerprint density at radius 3 is 0.646 bits per heavy atom. The Labute approximate surface area is 690 Å². The van der Waals surface area contributed by atoms with E-state index in [1.807, 2.05) is 133 Å². The Morgan fingerprint density at radius 1 is 0.248 bits per heavy atom. The fourth-order valence-corrected chi connectivity index (χ4v) is 13.7. The molecule has 0 saturated carbocycles. The third kappa shape index (κ3) is 17.5. The molecule has 0 fully saturated rings. The van der Waals surface area contributed by atoms with Crippen molar-refractivity contribution in [3.05, 3.63) is 312 Å². The van der Waals surface area contributed by atoms with E-state index in [0.29, 0.717) is 11.4 Å². The van der Waals surface area contributed by atoms with E-state index in [1.165, 1.54) is 11.4 Å².